The Kier molecular flexibility index (Phi) is 7.22. The minimum atomic E-state index is -0.683. The summed E-state index contributed by atoms with van der Waals surface area (Å²) in [6, 6.07) is 18.3. The third kappa shape index (κ3) is 5.79. The molecule has 174 valence electrons. The first kappa shape index (κ1) is 23.4. The average Bonchev–Trinajstić information content (AvgIpc) is 3.11. The Hall–Kier alpha value is -3.72. The standard InChI is InChI=1S/C25H21F2N3O3S/c1-33-21-12-2-16(3-13-21)15-30-24(32)22(14-23(31)28-19-8-4-17(26)5-9-19)34-25(30)29-20-10-6-18(27)7-11-20/h2-13,22H,14-15H2,1H3,(H,28,31)/t22-/m0/s1. The Morgan fingerprint density at radius 3 is 2.24 bits per heavy atom. The number of ether oxygens (including phenoxy) is 1. The highest BCUT2D eigenvalue weighted by molar-refractivity contribution is 8.15. The maximum atomic E-state index is 13.3. The molecule has 1 saturated heterocycles. The summed E-state index contributed by atoms with van der Waals surface area (Å²) in [5.41, 5.74) is 1.79. The van der Waals surface area contributed by atoms with Crippen LogP contribution in [0.1, 0.15) is 12.0 Å². The van der Waals surface area contributed by atoms with Crippen molar-refractivity contribution in [3.05, 3.63) is 90.0 Å². The topological polar surface area (TPSA) is 71.0 Å². The van der Waals surface area contributed by atoms with Crippen molar-refractivity contribution in [1.82, 2.24) is 4.90 Å². The van der Waals surface area contributed by atoms with Gasteiger partial charge in [0.15, 0.2) is 5.17 Å². The number of rotatable bonds is 7. The number of halogens is 2. The molecule has 0 radical (unpaired) electrons. The maximum absolute atomic E-state index is 13.3. The van der Waals surface area contributed by atoms with Crippen LogP contribution in [0.2, 0.25) is 0 Å². The molecule has 1 aliphatic rings. The van der Waals surface area contributed by atoms with E-state index >= 15 is 0 Å². The quantitative estimate of drug-likeness (QED) is 0.508. The number of amides is 2. The molecule has 0 spiro atoms. The molecule has 1 aliphatic heterocycles. The van der Waals surface area contributed by atoms with E-state index in [-0.39, 0.29) is 30.6 Å². The lowest BCUT2D eigenvalue weighted by Gasteiger charge is -2.17. The van der Waals surface area contributed by atoms with Crippen molar-refractivity contribution < 1.29 is 23.1 Å². The van der Waals surface area contributed by atoms with E-state index in [1.165, 1.54) is 65.2 Å². The highest BCUT2D eigenvalue weighted by Gasteiger charge is 2.39. The van der Waals surface area contributed by atoms with Gasteiger partial charge < -0.3 is 10.1 Å². The summed E-state index contributed by atoms with van der Waals surface area (Å²) in [4.78, 5) is 31.8. The number of thioether (sulfide) groups is 1. The first-order chi connectivity index (χ1) is 16.4. The molecule has 34 heavy (non-hydrogen) atoms. The van der Waals surface area contributed by atoms with Gasteiger partial charge in [-0.05, 0) is 66.2 Å². The second kappa shape index (κ2) is 10.5. The molecule has 1 fully saturated rings. The minimum Gasteiger partial charge on any atom is -0.497 e. The summed E-state index contributed by atoms with van der Waals surface area (Å²) in [6.45, 7) is 0.256. The number of benzene rings is 3. The molecule has 3 aromatic carbocycles. The van der Waals surface area contributed by atoms with Crippen LogP contribution in [0.25, 0.3) is 0 Å². The van der Waals surface area contributed by atoms with E-state index in [9.17, 15) is 18.4 Å². The largest absolute Gasteiger partial charge is 0.497 e. The predicted octanol–water partition coefficient (Wildman–Crippen LogP) is 5.13. The number of carbonyl (C=O) groups is 2. The third-order valence-electron chi connectivity index (χ3n) is 5.07. The van der Waals surface area contributed by atoms with Crippen molar-refractivity contribution in [1.29, 1.82) is 0 Å². The Labute approximate surface area is 199 Å². The molecule has 1 heterocycles. The molecule has 2 amide bonds. The third-order valence-corrected chi connectivity index (χ3v) is 6.25. The number of anilines is 1. The van der Waals surface area contributed by atoms with E-state index in [1.807, 2.05) is 12.1 Å². The van der Waals surface area contributed by atoms with Crippen LogP contribution in [-0.4, -0.2) is 34.2 Å². The normalized spacial score (nSPS) is 16.7. The van der Waals surface area contributed by atoms with Gasteiger partial charge in [0.2, 0.25) is 11.8 Å². The molecular weight excluding hydrogens is 460 g/mol. The zero-order valence-electron chi connectivity index (χ0n) is 18.2. The second-order valence-electron chi connectivity index (χ2n) is 7.51. The van der Waals surface area contributed by atoms with Crippen molar-refractivity contribution >= 4 is 40.1 Å². The lowest BCUT2D eigenvalue weighted by Crippen LogP contribution is -2.33. The molecule has 1 atom stereocenters. The van der Waals surface area contributed by atoms with Gasteiger partial charge in [0, 0.05) is 12.1 Å². The van der Waals surface area contributed by atoms with Crippen LogP contribution in [0.3, 0.4) is 0 Å². The van der Waals surface area contributed by atoms with Crippen LogP contribution in [0.5, 0.6) is 5.75 Å². The Morgan fingerprint density at radius 2 is 1.62 bits per heavy atom. The van der Waals surface area contributed by atoms with Crippen LogP contribution in [0.4, 0.5) is 20.2 Å². The van der Waals surface area contributed by atoms with Gasteiger partial charge in [-0.15, -0.1) is 0 Å². The summed E-state index contributed by atoms with van der Waals surface area (Å²) in [6.07, 6.45) is -0.0809. The van der Waals surface area contributed by atoms with Gasteiger partial charge in [0.25, 0.3) is 0 Å². The lowest BCUT2D eigenvalue weighted by molar-refractivity contribution is -0.128. The number of amidine groups is 1. The van der Waals surface area contributed by atoms with Crippen LogP contribution in [0.15, 0.2) is 77.8 Å². The lowest BCUT2D eigenvalue weighted by atomic mass is 10.2. The number of hydrogen-bond acceptors (Lipinski definition) is 5. The fourth-order valence-electron chi connectivity index (χ4n) is 3.32. The van der Waals surface area contributed by atoms with Crippen LogP contribution in [-0.2, 0) is 16.1 Å². The van der Waals surface area contributed by atoms with Gasteiger partial charge in [-0.25, -0.2) is 13.8 Å². The molecule has 1 N–H and O–H groups in total. The van der Waals surface area contributed by atoms with Gasteiger partial charge >= 0.3 is 0 Å². The number of nitrogens with one attached hydrogen (secondary N) is 1. The number of aliphatic imine (C=N–C) groups is 1. The van der Waals surface area contributed by atoms with Gasteiger partial charge in [0.1, 0.15) is 22.6 Å². The average molecular weight is 482 g/mol. The van der Waals surface area contributed by atoms with Crippen LogP contribution in [0, 0.1) is 11.6 Å². The second-order valence-corrected chi connectivity index (χ2v) is 8.68. The molecule has 4 rings (SSSR count). The Morgan fingerprint density at radius 1 is 1.00 bits per heavy atom. The van der Waals surface area contributed by atoms with Gasteiger partial charge in [-0.3, -0.25) is 14.5 Å². The van der Waals surface area contributed by atoms with Crippen molar-refractivity contribution in [3.63, 3.8) is 0 Å². The maximum Gasteiger partial charge on any atom is 0.242 e. The molecule has 0 bridgehead atoms. The van der Waals surface area contributed by atoms with Crippen molar-refractivity contribution in [3.8, 4) is 5.75 Å². The van der Waals surface area contributed by atoms with Gasteiger partial charge in [0.05, 0.1) is 19.3 Å². The minimum absolute atomic E-state index is 0.0809. The molecule has 3 aromatic rings. The summed E-state index contributed by atoms with van der Waals surface area (Å²) in [7, 11) is 1.57. The molecule has 0 aliphatic carbocycles. The zero-order chi connectivity index (χ0) is 24.1. The fraction of sp³-hybridized carbons (Fsp3) is 0.160. The fourth-order valence-corrected chi connectivity index (χ4v) is 4.48. The SMILES string of the molecule is COc1ccc(CN2C(=O)[C@H](CC(=O)Nc3ccc(F)cc3)SC2=Nc2ccc(F)cc2)cc1. The van der Waals surface area contributed by atoms with E-state index < -0.39 is 11.1 Å². The number of carbonyl (C=O) groups excluding carboxylic acids is 2. The Balaban J connectivity index is 1.53. The molecule has 0 saturated carbocycles. The van der Waals surface area contributed by atoms with Crippen LogP contribution < -0.4 is 10.1 Å². The van der Waals surface area contributed by atoms with E-state index in [0.717, 1.165) is 5.56 Å². The van der Waals surface area contributed by atoms with Crippen molar-refractivity contribution in [2.45, 2.75) is 18.2 Å². The first-order valence-corrected chi connectivity index (χ1v) is 11.3. The number of hydrogen-bond donors (Lipinski definition) is 1. The molecule has 6 nitrogen and oxygen atoms in total. The van der Waals surface area contributed by atoms with Gasteiger partial charge in [-0.1, -0.05) is 23.9 Å². The van der Waals surface area contributed by atoms with E-state index in [0.29, 0.717) is 22.3 Å². The van der Waals surface area contributed by atoms with E-state index in [1.54, 1.807) is 19.2 Å². The zero-order valence-corrected chi connectivity index (χ0v) is 19.0. The van der Waals surface area contributed by atoms with E-state index in [4.69, 9.17) is 4.74 Å². The molecule has 0 aromatic heterocycles. The van der Waals surface area contributed by atoms with E-state index in [2.05, 4.69) is 10.3 Å². The number of nitrogens with zero attached hydrogens (tertiary/aromatic N) is 2. The smallest absolute Gasteiger partial charge is 0.242 e. The van der Waals surface area contributed by atoms with Gasteiger partial charge in [-0.2, -0.15) is 0 Å². The Bertz CT molecular complexity index is 1200. The predicted molar refractivity (Wildman–Crippen MR) is 128 cm³/mol. The molecular formula is C25H21F2N3O3S. The van der Waals surface area contributed by atoms with Crippen LogP contribution >= 0.6 is 11.8 Å². The summed E-state index contributed by atoms with van der Waals surface area (Å²) >= 11 is 1.18. The first-order valence-electron chi connectivity index (χ1n) is 10.4. The highest BCUT2D eigenvalue weighted by atomic mass is 32.2. The van der Waals surface area contributed by atoms with Crippen molar-refractivity contribution in [2.75, 3.05) is 12.4 Å². The summed E-state index contributed by atoms with van der Waals surface area (Å²) in [5.74, 6) is -0.720. The van der Waals surface area contributed by atoms with Crippen molar-refractivity contribution in [2.24, 2.45) is 4.99 Å². The summed E-state index contributed by atoms with van der Waals surface area (Å²) < 4.78 is 31.6. The molecule has 9 heteroatoms. The monoisotopic (exact) mass is 481 g/mol. The highest BCUT2D eigenvalue weighted by Crippen LogP contribution is 2.33. The molecule has 0 unspecified atom stereocenters. The summed E-state index contributed by atoms with van der Waals surface area (Å²) in [5, 5.41) is 2.42. The number of methoxy groups -OCH3 is 1.